The van der Waals surface area contributed by atoms with E-state index >= 15 is 0 Å². The second kappa shape index (κ2) is 6.07. The van der Waals surface area contributed by atoms with E-state index in [2.05, 4.69) is 35.1 Å². The van der Waals surface area contributed by atoms with Gasteiger partial charge in [-0.25, -0.2) is 0 Å². The van der Waals surface area contributed by atoms with Gasteiger partial charge in [0.15, 0.2) is 0 Å². The van der Waals surface area contributed by atoms with Crippen molar-refractivity contribution in [3.63, 3.8) is 0 Å². The van der Waals surface area contributed by atoms with Crippen LogP contribution in [0, 0.1) is 5.92 Å². The standard InChI is InChI=1S/C15H22BrNO/c1-3-13(17-14-6-4-5-10(14)2)12-9-11(16)7-8-15(12)18/h7-10,13-14,17-18H,3-6H2,1-2H3. The first-order valence-corrected chi connectivity index (χ1v) is 7.65. The number of benzene rings is 1. The summed E-state index contributed by atoms with van der Waals surface area (Å²) in [6, 6.07) is 6.50. The first-order chi connectivity index (χ1) is 8.61. The van der Waals surface area contributed by atoms with E-state index in [1.54, 1.807) is 6.07 Å². The van der Waals surface area contributed by atoms with Crippen LogP contribution in [-0.2, 0) is 0 Å². The fourth-order valence-corrected chi connectivity index (χ4v) is 3.26. The molecule has 0 amide bonds. The van der Waals surface area contributed by atoms with Gasteiger partial charge in [-0.15, -0.1) is 0 Å². The third kappa shape index (κ3) is 3.07. The lowest BCUT2D eigenvalue weighted by Crippen LogP contribution is -2.34. The molecule has 1 aliphatic carbocycles. The van der Waals surface area contributed by atoms with Crippen molar-refractivity contribution in [1.82, 2.24) is 5.32 Å². The third-order valence-electron chi connectivity index (χ3n) is 4.05. The van der Waals surface area contributed by atoms with Crippen LogP contribution in [0.5, 0.6) is 5.75 Å². The number of rotatable bonds is 4. The molecule has 0 radical (unpaired) electrons. The van der Waals surface area contributed by atoms with Gasteiger partial charge in [0, 0.05) is 22.1 Å². The first kappa shape index (κ1) is 13.9. The summed E-state index contributed by atoms with van der Waals surface area (Å²) >= 11 is 3.48. The molecule has 1 aliphatic rings. The molecule has 2 rings (SSSR count). The van der Waals surface area contributed by atoms with Crippen LogP contribution in [0.25, 0.3) is 0 Å². The first-order valence-electron chi connectivity index (χ1n) is 6.86. The Morgan fingerprint density at radius 1 is 1.44 bits per heavy atom. The largest absolute Gasteiger partial charge is 0.508 e. The summed E-state index contributed by atoms with van der Waals surface area (Å²) in [6.45, 7) is 4.48. The monoisotopic (exact) mass is 311 g/mol. The summed E-state index contributed by atoms with van der Waals surface area (Å²) in [4.78, 5) is 0. The number of phenolic OH excluding ortho intramolecular Hbond substituents is 1. The molecule has 3 atom stereocenters. The highest BCUT2D eigenvalue weighted by Crippen LogP contribution is 2.32. The minimum Gasteiger partial charge on any atom is -0.508 e. The lowest BCUT2D eigenvalue weighted by atomic mass is 9.99. The van der Waals surface area contributed by atoms with E-state index < -0.39 is 0 Å². The molecule has 0 bridgehead atoms. The predicted molar refractivity (Wildman–Crippen MR) is 78.8 cm³/mol. The Labute approximate surface area is 118 Å². The van der Waals surface area contributed by atoms with Crippen molar-refractivity contribution < 1.29 is 5.11 Å². The van der Waals surface area contributed by atoms with E-state index in [-0.39, 0.29) is 6.04 Å². The summed E-state index contributed by atoms with van der Waals surface area (Å²) in [6.07, 6.45) is 4.89. The molecule has 2 nitrogen and oxygen atoms in total. The van der Waals surface area contributed by atoms with Crippen LogP contribution in [0.4, 0.5) is 0 Å². The van der Waals surface area contributed by atoms with E-state index in [9.17, 15) is 5.11 Å². The van der Waals surface area contributed by atoms with Crippen LogP contribution < -0.4 is 5.32 Å². The fourth-order valence-electron chi connectivity index (χ4n) is 2.88. The Kier molecular flexibility index (Phi) is 4.68. The molecule has 1 aromatic carbocycles. The van der Waals surface area contributed by atoms with Crippen molar-refractivity contribution in [2.75, 3.05) is 0 Å². The van der Waals surface area contributed by atoms with Crippen LogP contribution in [0.3, 0.4) is 0 Å². The summed E-state index contributed by atoms with van der Waals surface area (Å²) in [5.74, 6) is 1.14. The van der Waals surface area contributed by atoms with Gasteiger partial charge in [0.1, 0.15) is 5.75 Å². The van der Waals surface area contributed by atoms with Crippen LogP contribution in [-0.4, -0.2) is 11.1 Å². The maximum atomic E-state index is 10.0. The number of hydrogen-bond donors (Lipinski definition) is 2. The minimum absolute atomic E-state index is 0.244. The Bertz CT molecular complexity index is 407. The number of aromatic hydroxyl groups is 1. The quantitative estimate of drug-likeness (QED) is 0.864. The Balaban J connectivity index is 2.14. The van der Waals surface area contributed by atoms with E-state index in [0.717, 1.165) is 22.4 Å². The van der Waals surface area contributed by atoms with Crippen molar-refractivity contribution >= 4 is 15.9 Å². The zero-order chi connectivity index (χ0) is 13.1. The van der Waals surface area contributed by atoms with Gasteiger partial charge in [-0.3, -0.25) is 0 Å². The summed E-state index contributed by atoms with van der Waals surface area (Å²) in [5.41, 5.74) is 1.01. The Morgan fingerprint density at radius 2 is 2.22 bits per heavy atom. The molecule has 0 spiro atoms. The van der Waals surface area contributed by atoms with E-state index in [4.69, 9.17) is 0 Å². The van der Waals surface area contributed by atoms with E-state index in [1.165, 1.54) is 19.3 Å². The average Bonchev–Trinajstić information content (AvgIpc) is 2.75. The second-order valence-electron chi connectivity index (χ2n) is 5.35. The SMILES string of the molecule is CCC(NC1CCCC1C)c1cc(Br)ccc1O. The molecular weight excluding hydrogens is 290 g/mol. The maximum absolute atomic E-state index is 10.0. The van der Waals surface area contributed by atoms with Gasteiger partial charge in [0.05, 0.1) is 0 Å². The van der Waals surface area contributed by atoms with Gasteiger partial charge in [0.25, 0.3) is 0 Å². The van der Waals surface area contributed by atoms with Crippen molar-refractivity contribution in [2.45, 2.75) is 51.6 Å². The van der Waals surface area contributed by atoms with Crippen LogP contribution in [0.1, 0.15) is 51.1 Å². The van der Waals surface area contributed by atoms with E-state index in [1.807, 2.05) is 12.1 Å². The summed E-state index contributed by atoms with van der Waals surface area (Å²) in [5, 5.41) is 13.7. The zero-order valence-electron chi connectivity index (χ0n) is 11.1. The van der Waals surface area contributed by atoms with Crippen molar-refractivity contribution in [3.8, 4) is 5.75 Å². The molecule has 18 heavy (non-hydrogen) atoms. The minimum atomic E-state index is 0.244. The Hall–Kier alpha value is -0.540. The lowest BCUT2D eigenvalue weighted by molar-refractivity contribution is 0.360. The molecule has 3 unspecified atom stereocenters. The summed E-state index contributed by atoms with van der Waals surface area (Å²) in [7, 11) is 0. The zero-order valence-corrected chi connectivity index (χ0v) is 12.7. The number of phenols is 1. The van der Waals surface area contributed by atoms with Crippen molar-refractivity contribution in [1.29, 1.82) is 0 Å². The fraction of sp³-hybridized carbons (Fsp3) is 0.600. The number of hydrogen-bond acceptors (Lipinski definition) is 2. The highest BCUT2D eigenvalue weighted by molar-refractivity contribution is 9.10. The summed E-state index contributed by atoms with van der Waals surface area (Å²) < 4.78 is 1.02. The molecule has 2 N–H and O–H groups in total. The molecule has 1 aromatic rings. The molecule has 0 saturated heterocycles. The smallest absolute Gasteiger partial charge is 0.120 e. The van der Waals surface area contributed by atoms with Crippen molar-refractivity contribution in [2.24, 2.45) is 5.92 Å². The molecule has 3 heteroatoms. The van der Waals surface area contributed by atoms with Gasteiger partial charge in [-0.1, -0.05) is 36.2 Å². The molecule has 1 fully saturated rings. The molecule has 100 valence electrons. The van der Waals surface area contributed by atoms with Crippen LogP contribution in [0.2, 0.25) is 0 Å². The highest BCUT2D eigenvalue weighted by atomic mass is 79.9. The molecule has 0 aliphatic heterocycles. The molecular formula is C15H22BrNO. The second-order valence-corrected chi connectivity index (χ2v) is 6.26. The third-order valence-corrected chi connectivity index (χ3v) is 4.54. The van der Waals surface area contributed by atoms with Gasteiger partial charge >= 0.3 is 0 Å². The molecule has 1 saturated carbocycles. The van der Waals surface area contributed by atoms with Crippen LogP contribution >= 0.6 is 15.9 Å². The van der Waals surface area contributed by atoms with Gasteiger partial charge in [-0.05, 0) is 43.4 Å². The Morgan fingerprint density at radius 3 is 2.83 bits per heavy atom. The highest BCUT2D eigenvalue weighted by Gasteiger charge is 2.26. The maximum Gasteiger partial charge on any atom is 0.120 e. The average molecular weight is 312 g/mol. The van der Waals surface area contributed by atoms with Crippen LogP contribution in [0.15, 0.2) is 22.7 Å². The van der Waals surface area contributed by atoms with Gasteiger partial charge < -0.3 is 10.4 Å². The van der Waals surface area contributed by atoms with Gasteiger partial charge in [-0.2, -0.15) is 0 Å². The number of halogens is 1. The number of nitrogens with one attached hydrogen (secondary N) is 1. The lowest BCUT2D eigenvalue weighted by Gasteiger charge is -2.25. The topological polar surface area (TPSA) is 32.3 Å². The molecule has 0 heterocycles. The van der Waals surface area contributed by atoms with Crippen molar-refractivity contribution in [3.05, 3.63) is 28.2 Å². The predicted octanol–water partition coefficient (Wildman–Crippen LogP) is 4.38. The van der Waals surface area contributed by atoms with Gasteiger partial charge in [0.2, 0.25) is 0 Å². The van der Waals surface area contributed by atoms with E-state index in [0.29, 0.717) is 11.8 Å². The molecule has 0 aromatic heterocycles. The normalized spacial score (nSPS) is 25.3.